The molecular formula is C77H117Br2ClO11Si. The van der Waals surface area contributed by atoms with Gasteiger partial charge in [0, 0.05) is 51.6 Å². The van der Waals surface area contributed by atoms with Crippen molar-refractivity contribution >= 4 is 74.7 Å². The summed E-state index contributed by atoms with van der Waals surface area (Å²) >= 11 is 11.4. The molecule has 92 heavy (non-hydrogen) atoms. The molecule has 6 N–H and O–H groups in total. The number of rotatable bonds is 20. The molecule has 1 fully saturated rings. The molecule has 1 heterocycles. The first kappa shape index (κ1) is 98.4. The molecule has 11 nitrogen and oxygen atoms in total. The first-order valence-electron chi connectivity index (χ1n) is 32.5. The van der Waals surface area contributed by atoms with Crippen molar-refractivity contribution in [3.8, 4) is 94.7 Å². The molecule has 5 atom stereocenters. The zero-order valence-corrected chi connectivity index (χ0v) is 63.1. The molecule has 0 radical (unpaired) electrons. The third-order valence-corrected chi connectivity index (χ3v) is 17.8. The highest BCUT2D eigenvalue weighted by atomic mass is 79.9. The van der Waals surface area contributed by atoms with Crippen molar-refractivity contribution in [2.75, 3.05) is 62.8 Å². The van der Waals surface area contributed by atoms with Gasteiger partial charge in [-0.2, -0.15) is 0 Å². The Hall–Kier alpha value is -4.63. The van der Waals surface area contributed by atoms with Crippen molar-refractivity contribution in [1.29, 1.82) is 0 Å². The van der Waals surface area contributed by atoms with Gasteiger partial charge >= 0.3 is 0 Å². The molecule has 0 amide bonds. The number of aliphatic hydroxyl groups is 6. The van der Waals surface area contributed by atoms with Crippen LogP contribution < -0.4 is 10.4 Å². The number of carbonyl (C=O) groups is 2. The van der Waals surface area contributed by atoms with Crippen LogP contribution in [0.25, 0.3) is 0 Å². The lowest BCUT2D eigenvalue weighted by Crippen LogP contribution is -2.67. The monoisotopic (exact) mass is 1440 g/mol. The number of hydrogen-bond donors (Lipinski definition) is 6. The van der Waals surface area contributed by atoms with Gasteiger partial charge in [0.1, 0.15) is 45.9 Å². The van der Waals surface area contributed by atoms with E-state index < -0.39 is 8.32 Å². The van der Waals surface area contributed by atoms with Crippen LogP contribution in [0.15, 0.2) is 60.7 Å². The van der Waals surface area contributed by atoms with Gasteiger partial charge in [-0.3, -0.25) is 4.79 Å². The molecule has 2 aromatic carbocycles. The standard InChI is InChI=1S/C24H30O2Si.C10H18.C9H13BrO2.2C9H16O.C4H5BrO.C4H5ClO.C4H6O2.C4H8O/c1-5-14-21(15-12-13-20-25)26-27(24(2,3)4,22-16-8-6-9-17-22)23-18-10-7-11-19-23;1-4-6-7-9-10(3)8-5-2;10-6-2-4-8-12-9-5-1-3-7-11-9;1-3-6-9(2)7-4-5-8-10;1-3-5-6-8-9(10)7-4-2;3*5-3-1-2-4-6;1-2-3-4-5/h6-11,16-21H,5,14-15H2,1-4H3;10H,4-5,8-9H2,1-3H3;9H,1,3,5-8H2;9-10H,3,6-8H2,1-2H3;9-10H,3-4,7-8H2,1-2H3;2*6H,3-4H2;5-6H,3-4H2;4H,2-3H2,1H3. The first-order valence-corrected chi connectivity index (χ1v) is 37.1. The fourth-order valence-electron chi connectivity index (χ4n) is 7.81. The summed E-state index contributed by atoms with van der Waals surface area (Å²) in [7, 11) is -2.57. The smallest absolute Gasteiger partial charge is 0.261 e. The Morgan fingerprint density at radius 3 is 1.38 bits per heavy atom. The zero-order chi connectivity index (χ0) is 70.5. The topological polar surface area (TPSA) is 183 Å². The molecule has 15 heteroatoms. The normalized spacial score (nSPS) is 12.2. The fraction of sp³-hybridized carbons (Fsp3) is 0.610. The molecule has 1 aliphatic heterocycles. The minimum atomic E-state index is -2.57. The number of alkyl halides is 3. The summed E-state index contributed by atoms with van der Waals surface area (Å²) in [5.74, 6) is 45.1. The summed E-state index contributed by atoms with van der Waals surface area (Å²) in [5, 5.41) is 53.1. The molecule has 0 saturated carbocycles. The van der Waals surface area contributed by atoms with Gasteiger partial charge in [0.25, 0.3) is 8.32 Å². The minimum absolute atomic E-state index is 0.00115. The predicted molar refractivity (Wildman–Crippen MR) is 398 cm³/mol. The fourth-order valence-corrected chi connectivity index (χ4v) is 13.0. The van der Waals surface area contributed by atoms with Gasteiger partial charge in [0.05, 0.1) is 28.7 Å². The average molecular weight is 1440 g/mol. The van der Waals surface area contributed by atoms with E-state index in [1.165, 1.54) is 42.5 Å². The van der Waals surface area contributed by atoms with Gasteiger partial charge in [-0.05, 0) is 71.7 Å². The van der Waals surface area contributed by atoms with Crippen molar-refractivity contribution in [2.45, 2.75) is 229 Å². The van der Waals surface area contributed by atoms with E-state index in [-0.39, 0.29) is 56.6 Å². The van der Waals surface area contributed by atoms with Gasteiger partial charge in [0.2, 0.25) is 0 Å². The number of ether oxygens (including phenoxy) is 2. The summed E-state index contributed by atoms with van der Waals surface area (Å²) in [4.78, 5) is 20.0. The number of benzene rings is 2. The van der Waals surface area contributed by atoms with Crippen LogP contribution in [-0.4, -0.2) is 133 Å². The van der Waals surface area contributed by atoms with E-state index >= 15 is 0 Å². The van der Waals surface area contributed by atoms with E-state index in [1.54, 1.807) is 0 Å². The Morgan fingerprint density at radius 1 is 0.576 bits per heavy atom. The summed E-state index contributed by atoms with van der Waals surface area (Å²) in [5.41, 5.74) is 0. The molecule has 516 valence electrons. The largest absolute Gasteiger partial charge is 0.404 e. The molecule has 0 aromatic heterocycles. The van der Waals surface area contributed by atoms with Crippen LogP contribution >= 0.6 is 43.5 Å². The molecule has 0 spiro atoms. The van der Waals surface area contributed by atoms with Gasteiger partial charge < -0.3 is 49.3 Å². The lowest BCUT2D eigenvalue weighted by Gasteiger charge is -2.45. The highest BCUT2D eigenvalue weighted by Gasteiger charge is 2.51. The quantitative estimate of drug-likeness (QED) is 0.0321. The second kappa shape index (κ2) is 80.6. The van der Waals surface area contributed by atoms with E-state index in [2.05, 4.69) is 256 Å². The van der Waals surface area contributed by atoms with Crippen LogP contribution in [0.3, 0.4) is 0 Å². The SMILES string of the molecule is BrCC#CCOC1CCCCO1.CCC#CCC(C)CCC.CCC#CCC(O)CCC.CCCC(C)CC#CCO.CCCC(CC#CC=O)O[Si](c1ccccc1)(c1ccccc1)C(C)(C)C.CCCC=O.OCC#CCBr.OCC#CCCl.OCC#CCO. The van der Waals surface area contributed by atoms with Gasteiger partial charge in [-0.1, -0.05) is 273 Å². The van der Waals surface area contributed by atoms with Crippen molar-refractivity contribution in [2.24, 2.45) is 11.8 Å². The van der Waals surface area contributed by atoms with Gasteiger partial charge in [0.15, 0.2) is 12.6 Å². The lowest BCUT2D eigenvalue weighted by molar-refractivity contribution is -0.154. The van der Waals surface area contributed by atoms with Crippen molar-refractivity contribution in [1.82, 2.24) is 0 Å². The average Bonchev–Trinajstić information content (AvgIpc) is 0.751. The summed E-state index contributed by atoms with van der Waals surface area (Å²) in [6, 6.07) is 21.3. The molecule has 2 aromatic rings. The molecule has 1 saturated heterocycles. The summed E-state index contributed by atoms with van der Waals surface area (Å²) < 4.78 is 17.8. The lowest BCUT2D eigenvalue weighted by atomic mass is 10.0. The third kappa shape index (κ3) is 68.2. The summed E-state index contributed by atoms with van der Waals surface area (Å²) in [6.45, 7) is 26.9. The Kier molecular flexibility index (Phi) is 86.2. The molecular weight excluding hydrogens is 1320 g/mol. The number of unbranched alkanes of at least 4 members (excludes halogenated alkanes) is 1. The van der Waals surface area contributed by atoms with Crippen LogP contribution in [-0.2, 0) is 23.5 Å². The Labute approximate surface area is 583 Å². The maximum absolute atomic E-state index is 10.6. The highest BCUT2D eigenvalue weighted by Crippen LogP contribution is 2.38. The predicted octanol–water partition coefficient (Wildman–Crippen LogP) is 13.8. The molecule has 3 rings (SSSR count). The van der Waals surface area contributed by atoms with E-state index in [9.17, 15) is 14.7 Å². The number of hydrogen-bond acceptors (Lipinski definition) is 11. The number of halogens is 3. The van der Waals surface area contributed by atoms with E-state index in [0.29, 0.717) is 54.6 Å². The maximum Gasteiger partial charge on any atom is 0.261 e. The van der Waals surface area contributed by atoms with Crippen LogP contribution in [0.2, 0.25) is 5.04 Å². The van der Waals surface area contributed by atoms with Crippen molar-refractivity contribution < 1.29 is 54.1 Å². The Morgan fingerprint density at radius 2 is 1.02 bits per heavy atom. The van der Waals surface area contributed by atoms with Gasteiger partial charge in [-0.15, -0.1) is 41.2 Å². The Balaban J connectivity index is -0.000000243. The third-order valence-electron chi connectivity index (χ3n) is 12.0. The van der Waals surface area contributed by atoms with E-state index in [1.807, 2.05) is 13.8 Å². The summed E-state index contributed by atoms with van der Waals surface area (Å²) in [6.07, 6.45) is 20.5. The molecule has 0 bridgehead atoms. The molecule has 0 aliphatic carbocycles. The van der Waals surface area contributed by atoms with Crippen LogP contribution in [0.4, 0.5) is 0 Å². The number of carbonyl (C=O) groups excluding carboxylic acids is 2. The molecule has 5 unspecified atom stereocenters. The number of aldehydes is 2. The first-order chi connectivity index (χ1) is 44.5. The maximum atomic E-state index is 10.6. The second-order valence-corrected chi connectivity index (χ2v) is 26.8. The molecule has 1 aliphatic rings. The van der Waals surface area contributed by atoms with E-state index in [4.69, 9.17) is 51.0 Å². The van der Waals surface area contributed by atoms with E-state index in [0.717, 1.165) is 89.4 Å². The minimum Gasteiger partial charge on any atom is -0.404 e. The van der Waals surface area contributed by atoms with Gasteiger partial charge in [-0.25, -0.2) is 0 Å². The highest BCUT2D eigenvalue weighted by molar-refractivity contribution is 9.09. The van der Waals surface area contributed by atoms with Crippen molar-refractivity contribution in [3.63, 3.8) is 0 Å². The zero-order valence-electron chi connectivity index (χ0n) is 58.2. The van der Waals surface area contributed by atoms with Crippen molar-refractivity contribution in [3.05, 3.63) is 60.7 Å². The van der Waals surface area contributed by atoms with Crippen LogP contribution in [0, 0.1) is 107 Å². The Bertz CT molecular complexity index is 2290. The second-order valence-electron chi connectivity index (χ2n) is 21.1. The number of aliphatic hydroxyl groups excluding tert-OH is 6. The van der Waals surface area contributed by atoms with Crippen LogP contribution in [0.1, 0.15) is 205 Å². The van der Waals surface area contributed by atoms with Crippen LogP contribution in [0.5, 0.6) is 0 Å².